The van der Waals surface area contributed by atoms with E-state index >= 15 is 0 Å². The second-order valence-electron chi connectivity index (χ2n) is 3.64. The zero-order valence-electron chi connectivity index (χ0n) is 9.26. The molecule has 6 nitrogen and oxygen atoms in total. The fraction of sp³-hybridized carbons (Fsp3) is 0.0909. The standard InChI is InChI=1S/C11H7N3O3S/c1-17-11(16)6-4-12-8-5(10(6)15)2-3-7-9(8)14-18-13-7/h2-4,13H,1H3. The molecule has 3 rings (SSSR count). The van der Waals surface area contributed by atoms with E-state index in [1.807, 2.05) is 0 Å². The average molecular weight is 261 g/mol. The van der Waals surface area contributed by atoms with E-state index in [9.17, 15) is 9.59 Å². The lowest BCUT2D eigenvalue weighted by molar-refractivity contribution is 0.0599. The predicted octanol–water partition coefficient (Wildman–Crippen LogP) is 1.32. The first kappa shape index (κ1) is 10.8. The molecule has 2 aromatic heterocycles. The van der Waals surface area contributed by atoms with Crippen molar-refractivity contribution in [2.24, 2.45) is 0 Å². The average Bonchev–Trinajstić information content (AvgIpc) is 2.87. The Morgan fingerprint density at radius 3 is 3.00 bits per heavy atom. The highest BCUT2D eigenvalue weighted by Crippen LogP contribution is 2.19. The lowest BCUT2D eigenvalue weighted by atomic mass is 10.1. The SMILES string of the molecule is COC(=O)c1cnc2c(ccc3[nH]snc32)c1=O. The highest BCUT2D eigenvalue weighted by atomic mass is 32.1. The van der Waals surface area contributed by atoms with Crippen LogP contribution in [-0.2, 0) is 4.74 Å². The first-order valence-electron chi connectivity index (χ1n) is 5.06. The Balaban J connectivity index is 2.43. The summed E-state index contributed by atoms with van der Waals surface area (Å²) in [6.07, 6.45) is 1.23. The minimum absolute atomic E-state index is 0.0661. The van der Waals surface area contributed by atoms with Gasteiger partial charge in [0.1, 0.15) is 16.6 Å². The molecule has 18 heavy (non-hydrogen) atoms. The maximum atomic E-state index is 12.1. The van der Waals surface area contributed by atoms with Crippen molar-refractivity contribution in [3.63, 3.8) is 0 Å². The van der Waals surface area contributed by atoms with Gasteiger partial charge in [-0.25, -0.2) is 4.79 Å². The first-order chi connectivity index (χ1) is 8.72. The highest BCUT2D eigenvalue weighted by Gasteiger charge is 2.15. The van der Waals surface area contributed by atoms with Gasteiger partial charge in [0.05, 0.1) is 18.0 Å². The molecule has 0 amide bonds. The Bertz CT molecular complexity index is 821. The molecule has 0 unspecified atom stereocenters. The molecule has 0 aliphatic rings. The number of fused-ring (bicyclic) bond motifs is 3. The number of hydrogen-bond donors (Lipinski definition) is 1. The van der Waals surface area contributed by atoms with E-state index in [1.54, 1.807) is 12.1 Å². The van der Waals surface area contributed by atoms with E-state index in [-0.39, 0.29) is 11.0 Å². The number of nitrogens with zero attached hydrogens (tertiary/aromatic N) is 2. The molecule has 0 saturated carbocycles. The molecule has 1 N–H and O–H groups in total. The molecule has 0 fully saturated rings. The van der Waals surface area contributed by atoms with E-state index in [1.165, 1.54) is 25.0 Å². The van der Waals surface area contributed by atoms with Gasteiger partial charge in [0, 0.05) is 17.9 Å². The second-order valence-corrected chi connectivity index (χ2v) is 4.20. The van der Waals surface area contributed by atoms with Crippen LogP contribution in [0.5, 0.6) is 0 Å². The minimum atomic E-state index is -0.681. The first-order valence-corrected chi connectivity index (χ1v) is 5.84. The molecule has 3 aromatic rings. The Kier molecular flexibility index (Phi) is 2.34. The van der Waals surface area contributed by atoms with Crippen LogP contribution in [0.1, 0.15) is 10.4 Å². The number of rotatable bonds is 1. The lowest BCUT2D eigenvalue weighted by Crippen LogP contribution is -2.17. The van der Waals surface area contributed by atoms with Gasteiger partial charge in [0.15, 0.2) is 0 Å². The van der Waals surface area contributed by atoms with Gasteiger partial charge in [0.25, 0.3) is 0 Å². The Morgan fingerprint density at radius 1 is 1.39 bits per heavy atom. The number of ether oxygens (including phenoxy) is 1. The van der Waals surface area contributed by atoms with Crippen LogP contribution in [0.2, 0.25) is 0 Å². The molecule has 2 heterocycles. The van der Waals surface area contributed by atoms with Crippen molar-refractivity contribution in [1.29, 1.82) is 0 Å². The molecule has 0 spiro atoms. The molecule has 7 heteroatoms. The van der Waals surface area contributed by atoms with Crippen LogP contribution in [0.25, 0.3) is 21.9 Å². The van der Waals surface area contributed by atoms with Gasteiger partial charge in [-0.2, -0.15) is 4.37 Å². The molecule has 0 aliphatic heterocycles. The molecule has 1 aromatic carbocycles. The van der Waals surface area contributed by atoms with Crippen LogP contribution in [0.4, 0.5) is 0 Å². The number of benzene rings is 1. The monoisotopic (exact) mass is 261 g/mol. The lowest BCUT2D eigenvalue weighted by Gasteiger charge is -2.00. The number of esters is 1. The van der Waals surface area contributed by atoms with E-state index in [0.29, 0.717) is 16.4 Å². The van der Waals surface area contributed by atoms with Gasteiger partial charge in [-0.05, 0) is 12.1 Å². The quantitative estimate of drug-likeness (QED) is 0.668. The summed E-state index contributed by atoms with van der Waals surface area (Å²) in [7, 11) is 1.23. The number of carbonyl (C=O) groups is 1. The van der Waals surface area contributed by atoms with Crippen molar-refractivity contribution < 1.29 is 9.53 Å². The van der Waals surface area contributed by atoms with Gasteiger partial charge in [-0.3, -0.25) is 14.2 Å². The molecular weight excluding hydrogens is 254 g/mol. The van der Waals surface area contributed by atoms with Crippen molar-refractivity contribution in [3.05, 3.63) is 34.1 Å². The topological polar surface area (TPSA) is 84.9 Å². The highest BCUT2D eigenvalue weighted by molar-refractivity contribution is 7.00. The van der Waals surface area contributed by atoms with Crippen molar-refractivity contribution in [1.82, 2.24) is 13.7 Å². The van der Waals surface area contributed by atoms with Gasteiger partial charge in [-0.15, -0.1) is 0 Å². The Labute approximate surface area is 105 Å². The fourth-order valence-electron chi connectivity index (χ4n) is 1.77. The smallest absolute Gasteiger partial charge is 0.343 e. The summed E-state index contributed by atoms with van der Waals surface area (Å²) in [5.74, 6) is -0.681. The molecule has 0 saturated heterocycles. The Hall–Kier alpha value is -2.28. The predicted molar refractivity (Wildman–Crippen MR) is 66.9 cm³/mol. The Morgan fingerprint density at radius 2 is 2.22 bits per heavy atom. The number of aromatic nitrogens is 3. The van der Waals surface area contributed by atoms with Crippen molar-refractivity contribution in [2.45, 2.75) is 0 Å². The third kappa shape index (κ3) is 1.41. The van der Waals surface area contributed by atoms with Crippen molar-refractivity contribution in [3.8, 4) is 0 Å². The maximum absolute atomic E-state index is 12.1. The number of aromatic amines is 1. The number of pyridine rings is 1. The largest absolute Gasteiger partial charge is 0.465 e. The normalized spacial score (nSPS) is 10.9. The number of hydrogen-bond acceptors (Lipinski definition) is 6. The van der Waals surface area contributed by atoms with E-state index in [0.717, 1.165) is 5.52 Å². The van der Waals surface area contributed by atoms with Gasteiger partial charge in [0.2, 0.25) is 5.43 Å². The van der Waals surface area contributed by atoms with Crippen LogP contribution >= 0.6 is 11.7 Å². The van der Waals surface area contributed by atoms with Crippen LogP contribution in [-0.4, -0.2) is 26.8 Å². The second kappa shape index (κ2) is 3.88. The van der Waals surface area contributed by atoms with Crippen LogP contribution in [0.15, 0.2) is 23.1 Å². The van der Waals surface area contributed by atoms with Crippen LogP contribution < -0.4 is 5.43 Å². The molecule has 0 aliphatic carbocycles. The van der Waals surface area contributed by atoms with Crippen molar-refractivity contribution in [2.75, 3.05) is 7.11 Å². The van der Waals surface area contributed by atoms with Crippen molar-refractivity contribution >= 4 is 39.6 Å². The molecular formula is C11H7N3O3S. The number of H-pyrrole nitrogens is 1. The number of nitrogens with one attached hydrogen (secondary N) is 1. The van der Waals surface area contributed by atoms with Gasteiger partial charge < -0.3 is 4.74 Å². The molecule has 90 valence electrons. The number of methoxy groups -OCH3 is 1. The summed E-state index contributed by atoms with van der Waals surface area (Å²) in [5.41, 5.74) is 1.48. The summed E-state index contributed by atoms with van der Waals surface area (Å²) in [4.78, 5) is 27.7. The zero-order valence-corrected chi connectivity index (χ0v) is 10.1. The molecule has 0 bridgehead atoms. The summed E-state index contributed by atoms with van der Waals surface area (Å²) >= 11 is 1.18. The van der Waals surface area contributed by atoms with Gasteiger partial charge >= 0.3 is 5.97 Å². The number of carbonyl (C=O) groups excluding carboxylic acids is 1. The molecule has 0 radical (unpaired) electrons. The summed E-state index contributed by atoms with van der Waals surface area (Å²) in [6, 6.07) is 3.37. The minimum Gasteiger partial charge on any atom is -0.465 e. The zero-order chi connectivity index (χ0) is 12.7. The summed E-state index contributed by atoms with van der Waals surface area (Å²) in [6.45, 7) is 0. The fourth-order valence-corrected chi connectivity index (χ4v) is 2.36. The summed E-state index contributed by atoms with van der Waals surface area (Å²) < 4.78 is 11.7. The summed E-state index contributed by atoms with van der Waals surface area (Å²) in [5, 5.41) is 0.365. The van der Waals surface area contributed by atoms with E-state index in [2.05, 4.69) is 18.5 Å². The molecule has 0 atom stereocenters. The third-order valence-corrected chi connectivity index (χ3v) is 3.25. The van der Waals surface area contributed by atoms with Gasteiger partial charge in [-0.1, -0.05) is 0 Å². The van der Waals surface area contributed by atoms with Crippen LogP contribution in [0, 0.1) is 0 Å². The van der Waals surface area contributed by atoms with E-state index < -0.39 is 5.97 Å². The van der Waals surface area contributed by atoms with Crippen LogP contribution in [0.3, 0.4) is 0 Å². The van der Waals surface area contributed by atoms with E-state index in [4.69, 9.17) is 0 Å². The third-order valence-electron chi connectivity index (χ3n) is 2.66. The maximum Gasteiger partial charge on any atom is 0.343 e.